The highest BCUT2D eigenvalue weighted by Gasteiger charge is 2.34. The van der Waals surface area contributed by atoms with Crippen molar-refractivity contribution in [1.29, 1.82) is 0 Å². The van der Waals surface area contributed by atoms with Crippen molar-refractivity contribution in [1.82, 2.24) is 8.87 Å². The number of alkyl halides is 3. The highest BCUT2D eigenvalue weighted by molar-refractivity contribution is 7.88. The molecule has 1 aliphatic rings. The number of hydrogen-bond acceptors (Lipinski definition) is 3. The summed E-state index contributed by atoms with van der Waals surface area (Å²) in [6.45, 7) is 8.01. The maximum atomic E-state index is 13.1. The monoisotopic (exact) mass is 513 g/mol. The number of benzene rings is 1. The summed E-state index contributed by atoms with van der Waals surface area (Å²) >= 11 is 0. The van der Waals surface area contributed by atoms with Gasteiger partial charge in [-0.05, 0) is 56.9 Å². The fourth-order valence-electron chi connectivity index (χ4n) is 4.82. The smallest absolute Gasteiger partial charge is 0.345 e. The fourth-order valence-corrected chi connectivity index (χ4v) is 5.57. The van der Waals surface area contributed by atoms with E-state index in [4.69, 9.17) is 0 Å². The van der Waals surface area contributed by atoms with Crippen molar-refractivity contribution in [3.05, 3.63) is 52.8 Å². The zero-order chi connectivity index (χ0) is 26.3. The van der Waals surface area contributed by atoms with Crippen molar-refractivity contribution in [3.63, 3.8) is 0 Å². The van der Waals surface area contributed by atoms with Gasteiger partial charge in [0.1, 0.15) is 0 Å². The van der Waals surface area contributed by atoms with Crippen LogP contribution in [0.5, 0.6) is 0 Å². The molecule has 6 nitrogen and oxygen atoms in total. The molecule has 1 saturated carbocycles. The third-order valence-corrected chi connectivity index (χ3v) is 8.17. The fraction of sp³-hybridized carbons (Fsp3) is 0.560. The Hall–Kier alpha value is -2.33. The van der Waals surface area contributed by atoms with Gasteiger partial charge < -0.3 is 9.88 Å². The molecule has 0 aliphatic heterocycles. The van der Waals surface area contributed by atoms with Gasteiger partial charge in [-0.25, -0.2) is 12.7 Å². The van der Waals surface area contributed by atoms with Crippen LogP contribution in [0.2, 0.25) is 0 Å². The van der Waals surface area contributed by atoms with Crippen molar-refractivity contribution in [2.45, 2.75) is 77.1 Å². The summed E-state index contributed by atoms with van der Waals surface area (Å²) in [5.74, 6) is -0.462. The maximum absolute atomic E-state index is 13.1. The van der Waals surface area contributed by atoms with Crippen LogP contribution in [0.15, 0.2) is 30.3 Å². The van der Waals surface area contributed by atoms with Crippen LogP contribution in [0.1, 0.15) is 79.8 Å². The molecule has 1 heterocycles. The van der Waals surface area contributed by atoms with Crippen molar-refractivity contribution < 1.29 is 26.4 Å². The molecule has 1 N–H and O–H groups in total. The van der Waals surface area contributed by atoms with Gasteiger partial charge in [0.05, 0.1) is 17.4 Å². The lowest BCUT2D eigenvalue weighted by Crippen LogP contribution is -2.39. The number of nitrogens with zero attached hydrogens (tertiary/aromatic N) is 2. The quantitative estimate of drug-likeness (QED) is 0.554. The molecule has 194 valence electrons. The summed E-state index contributed by atoms with van der Waals surface area (Å²) in [5.41, 5.74) is 1.11. The lowest BCUT2D eigenvalue weighted by molar-refractivity contribution is -0.137. The molecule has 1 aromatic carbocycles. The second-order valence-corrected chi connectivity index (χ2v) is 12.5. The second kappa shape index (κ2) is 9.61. The zero-order valence-electron chi connectivity index (χ0n) is 21.0. The van der Waals surface area contributed by atoms with Gasteiger partial charge in [-0.3, -0.25) is 4.79 Å². The predicted molar refractivity (Wildman–Crippen MR) is 131 cm³/mol. The van der Waals surface area contributed by atoms with E-state index in [9.17, 15) is 26.4 Å². The Labute approximate surface area is 205 Å². The molecule has 10 heteroatoms. The van der Waals surface area contributed by atoms with E-state index in [2.05, 4.69) is 30.7 Å². The Kier molecular flexibility index (Phi) is 7.49. The van der Waals surface area contributed by atoms with E-state index in [1.54, 1.807) is 7.05 Å². The molecular formula is C25H34F3N3O3S. The molecule has 1 aromatic heterocycles. The van der Waals surface area contributed by atoms with Crippen LogP contribution in [0.3, 0.4) is 0 Å². The van der Waals surface area contributed by atoms with E-state index in [0.29, 0.717) is 18.4 Å². The molecule has 0 bridgehead atoms. The number of carbonyl (C=O) groups is 1. The number of halogens is 3. The van der Waals surface area contributed by atoms with Gasteiger partial charge in [0.15, 0.2) is 0 Å². The lowest BCUT2D eigenvalue weighted by Gasteiger charge is -2.36. The van der Waals surface area contributed by atoms with E-state index in [1.807, 2.05) is 13.0 Å². The van der Waals surface area contributed by atoms with Gasteiger partial charge in [0.2, 0.25) is 10.0 Å². The summed E-state index contributed by atoms with van der Waals surface area (Å²) in [5, 5.41) is 2.62. The van der Waals surface area contributed by atoms with Crippen LogP contribution >= 0.6 is 0 Å². The first-order valence-electron chi connectivity index (χ1n) is 11.6. The topological polar surface area (TPSA) is 71.4 Å². The average molecular weight is 514 g/mol. The molecule has 35 heavy (non-hydrogen) atoms. The van der Waals surface area contributed by atoms with Crippen LogP contribution in [0, 0.1) is 6.92 Å². The Bertz CT molecular complexity index is 1190. The number of aromatic nitrogens is 1. The SMILES string of the molecule is Cc1c(C(=O)Nc2cccc(C(F)(F)F)c2)cc(C(C)(C)C)n1[C@H]1CC[C@@H](N(C)S(C)(=O)=O)CC1. The molecule has 0 atom stereocenters. The van der Waals surface area contributed by atoms with Gasteiger partial charge in [-0.15, -0.1) is 0 Å². The summed E-state index contributed by atoms with van der Waals surface area (Å²) in [6.07, 6.45) is -0.344. The first-order chi connectivity index (χ1) is 16.0. The van der Waals surface area contributed by atoms with Gasteiger partial charge in [-0.2, -0.15) is 13.2 Å². The van der Waals surface area contributed by atoms with Crippen molar-refractivity contribution in [2.24, 2.45) is 0 Å². The van der Waals surface area contributed by atoms with E-state index >= 15 is 0 Å². The summed E-state index contributed by atoms with van der Waals surface area (Å²) in [4.78, 5) is 13.1. The van der Waals surface area contributed by atoms with Crippen molar-refractivity contribution in [2.75, 3.05) is 18.6 Å². The molecule has 0 radical (unpaired) electrons. The van der Waals surface area contributed by atoms with Gasteiger partial charge >= 0.3 is 6.18 Å². The number of nitrogens with one attached hydrogen (secondary N) is 1. The molecule has 0 saturated heterocycles. The number of amides is 1. The molecule has 0 unspecified atom stereocenters. The first-order valence-corrected chi connectivity index (χ1v) is 13.5. The number of carbonyl (C=O) groups excluding carboxylic acids is 1. The number of rotatable bonds is 5. The Morgan fingerprint density at radius 1 is 1.09 bits per heavy atom. The molecule has 2 aromatic rings. The minimum atomic E-state index is -4.50. The first kappa shape index (κ1) is 27.3. The van der Waals surface area contributed by atoms with Gasteiger partial charge in [-0.1, -0.05) is 26.8 Å². The molecular weight excluding hydrogens is 479 g/mol. The largest absolute Gasteiger partial charge is 0.416 e. The molecule has 1 fully saturated rings. The third kappa shape index (κ3) is 6.09. The Balaban J connectivity index is 1.88. The van der Waals surface area contributed by atoms with Crippen LogP contribution in [0.4, 0.5) is 18.9 Å². The summed E-state index contributed by atoms with van der Waals surface area (Å²) in [6, 6.07) is 6.46. The molecule has 1 aliphatic carbocycles. The van der Waals surface area contributed by atoms with Crippen molar-refractivity contribution >= 4 is 21.6 Å². The normalized spacial score (nSPS) is 19.7. The van der Waals surface area contributed by atoms with Gasteiger partial charge in [0.25, 0.3) is 5.91 Å². The third-order valence-electron chi connectivity index (χ3n) is 6.82. The number of sulfonamides is 1. The van der Waals surface area contributed by atoms with Gasteiger partial charge in [0, 0.05) is 41.6 Å². The number of hydrogen-bond donors (Lipinski definition) is 1. The zero-order valence-corrected chi connectivity index (χ0v) is 21.8. The summed E-state index contributed by atoms with van der Waals surface area (Å²) < 4.78 is 66.7. The van der Waals surface area contributed by atoms with E-state index in [1.165, 1.54) is 22.7 Å². The number of anilines is 1. The molecule has 0 spiro atoms. The minimum Gasteiger partial charge on any atom is -0.345 e. The Morgan fingerprint density at radius 3 is 2.20 bits per heavy atom. The van der Waals surface area contributed by atoms with E-state index in [-0.39, 0.29) is 23.2 Å². The second-order valence-electron chi connectivity index (χ2n) is 10.4. The average Bonchev–Trinajstić information content (AvgIpc) is 3.10. The Morgan fingerprint density at radius 2 is 1.69 bits per heavy atom. The van der Waals surface area contributed by atoms with Crippen LogP contribution in [-0.4, -0.2) is 42.5 Å². The molecule has 1 amide bonds. The summed E-state index contributed by atoms with van der Waals surface area (Å²) in [7, 11) is -1.66. The highest BCUT2D eigenvalue weighted by atomic mass is 32.2. The predicted octanol–water partition coefficient (Wildman–Crippen LogP) is 5.74. The molecule has 3 rings (SSSR count). The van der Waals surface area contributed by atoms with Crippen LogP contribution < -0.4 is 5.32 Å². The van der Waals surface area contributed by atoms with E-state index in [0.717, 1.165) is 36.4 Å². The minimum absolute atomic E-state index is 0.0566. The maximum Gasteiger partial charge on any atom is 0.416 e. The van der Waals surface area contributed by atoms with Crippen molar-refractivity contribution in [3.8, 4) is 0 Å². The van der Waals surface area contributed by atoms with Crippen LogP contribution in [0.25, 0.3) is 0 Å². The lowest BCUT2D eigenvalue weighted by atomic mass is 9.88. The van der Waals surface area contributed by atoms with E-state index < -0.39 is 27.7 Å². The highest BCUT2D eigenvalue weighted by Crippen LogP contribution is 2.38. The van der Waals surface area contributed by atoms with Crippen LogP contribution in [-0.2, 0) is 21.6 Å². The standard InChI is InChI=1S/C25H34F3N3O3S/c1-16-21(23(32)29-18-9-7-8-17(14-18)25(26,27)28)15-22(24(2,3)4)31(16)20-12-10-19(11-13-20)30(5)35(6,33)34/h7-9,14-15,19-20H,10-13H2,1-6H3,(H,29,32)/t19-,20+.